The molecule has 0 heterocycles. The van der Waals surface area contributed by atoms with E-state index < -0.39 is 11.7 Å². The summed E-state index contributed by atoms with van der Waals surface area (Å²) < 4.78 is 5.21. The molecule has 0 radical (unpaired) electrons. The number of unbranched alkanes of at least 4 members (excludes halogenated alkanes) is 3. The van der Waals surface area contributed by atoms with Crippen LogP contribution in [0.15, 0.2) is 18.2 Å². The average molecular weight is 363 g/mol. The molecule has 1 aromatic rings. The van der Waals surface area contributed by atoms with Gasteiger partial charge in [-0.1, -0.05) is 38.3 Å². The third-order valence-corrected chi connectivity index (χ3v) is 4.19. The molecule has 0 fully saturated rings. The van der Waals surface area contributed by atoms with Gasteiger partial charge in [-0.15, -0.1) is 0 Å². The van der Waals surface area contributed by atoms with Crippen LogP contribution in [0.3, 0.4) is 0 Å². The van der Waals surface area contributed by atoms with Crippen molar-refractivity contribution < 1.29 is 14.3 Å². The number of aryl methyl sites for hydroxylation is 1. The minimum Gasteiger partial charge on any atom is -0.444 e. The zero-order valence-electron chi connectivity index (χ0n) is 17.1. The highest BCUT2D eigenvalue weighted by molar-refractivity contribution is 5.97. The van der Waals surface area contributed by atoms with Gasteiger partial charge in [0.1, 0.15) is 12.1 Å². The van der Waals surface area contributed by atoms with E-state index in [9.17, 15) is 9.59 Å². The Labute approximate surface area is 158 Å². The molecule has 2 amide bonds. The Morgan fingerprint density at radius 2 is 1.81 bits per heavy atom. The Bertz CT molecular complexity index is 606. The van der Waals surface area contributed by atoms with Crippen LogP contribution >= 0.6 is 0 Å². The lowest BCUT2D eigenvalue weighted by Crippen LogP contribution is -2.42. The lowest BCUT2D eigenvalue weighted by molar-refractivity contribution is -0.117. The molecule has 146 valence electrons. The van der Waals surface area contributed by atoms with E-state index in [1.54, 1.807) is 25.7 Å². The predicted octanol–water partition coefficient (Wildman–Crippen LogP) is 4.74. The van der Waals surface area contributed by atoms with Crippen LogP contribution in [0.1, 0.15) is 64.5 Å². The molecule has 1 rings (SSSR count). The molecule has 0 saturated carbocycles. The van der Waals surface area contributed by atoms with Gasteiger partial charge in [0.15, 0.2) is 0 Å². The summed E-state index contributed by atoms with van der Waals surface area (Å²) >= 11 is 0. The maximum absolute atomic E-state index is 12.8. The summed E-state index contributed by atoms with van der Waals surface area (Å²) in [5, 5.41) is 2.57. The lowest BCUT2D eigenvalue weighted by atomic mass is 10.1. The monoisotopic (exact) mass is 362 g/mol. The maximum Gasteiger partial charge on any atom is 0.408 e. The van der Waals surface area contributed by atoms with Crippen LogP contribution in [0.25, 0.3) is 0 Å². The van der Waals surface area contributed by atoms with Crippen LogP contribution < -0.4 is 10.2 Å². The molecule has 0 atom stereocenters. The predicted molar refractivity (Wildman–Crippen MR) is 107 cm³/mol. The second-order valence-electron chi connectivity index (χ2n) is 7.68. The Morgan fingerprint density at radius 1 is 1.12 bits per heavy atom. The van der Waals surface area contributed by atoms with E-state index in [0.717, 1.165) is 42.5 Å². The standard InChI is InChI=1S/C21H34N2O3/c1-7-8-9-10-14-23(18-13-11-12-16(2)17(18)3)19(24)15-22-20(25)26-21(4,5)6/h11-13H,7-10,14-15H2,1-6H3,(H,22,25). The van der Waals surface area contributed by atoms with E-state index in [1.807, 2.05) is 32.0 Å². The van der Waals surface area contributed by atoms with Crippen LogP contribution in [-0.4, -0.2) is 30.7 Å². The molecule has 0 aromatic heterocycles. The van der Waals surface area contributed by atoms with Crippen LogP contribution in [0.4, 0.5) is 10.5 Å². The first-order chi connectivity index (χ1) is 12.2. The fraction of sp³-hybridized carbons (Fsp3) is 0.619. The van der Waals surface area contributed by atoms with Crippen molar-refractivity contribution in [3.63, 3.8) is 0 Å². The van der Waals surface area contributed by atoms with Gasteiger partial charge in [-0.3, -0.25) is 4.79 Å². The number of nitrogens with zero attached hydrogens (tertiary/aromatic N) is 1. The Balaban J connectivity index is 2.82. The number of anilines is 1. The van der Waals surface area contributed by atoms with Crippen molar-refractivity contribution in [3.8, 4) is 0 Å². The number of rotatable bonds is 8. The maximum atomic E-state index is 12.8. The van der Waals surface area contributed by atoms with Gasteiger partial charge in [0, 0.05) is 12.2 Å². The largest absolute Gasteiger partial charge is 0.444 e. The van der Waals surface area contributed by atoms with Crippen molar-refractivity contribution in [2.24, 2.45) is 0 Å². The van der Waals surface area contributed by atoms with Gasteiger partial charge in [-0.05, 0) is 58.2 Å². The highest BCUT2D eigenvalue weighted by Crippen LogP contribution is 2.23. The van der Waals surface area contributed by atoms with Crippen molar-refractivity contribution in [2.45, 2.75) is 72.8 Å². The zero-order valence-corrected chi connectivity index (χ0v) is 17.1. The highest BCUT2D eigenvalue weighted by atomic mass is 16.6. The molecular weight excluding hydrogens is 328 g/mol. The lowest BCUT2D eigenvalue weighted by Gasteiger charge is -2.26. The molecule has 5 nitrogen and oxygen atoms in total. The molecule has 0 aliphatic rings. The molecule has 0 bridgehead atoms. The third-order valence-electron chi connectivity index (χ3n) is 4.19. The Hall–Kier alpha value is -2.04. The number of hydrogen-bond donors (Lipinski definition) is 1. The average Bonchev–Trinajstić information content (AvgIpc) is 2.54. The van der Waals surface area contributed by atoms with Gasteiger partial charge >= 0.3 is 6.09 Å². The number of alkyl carbamates (subject to hydrolysis) is 1. The minimum absolute atomic E-state index is 0.0733. The fourth-order valence-corrected chi connectivity index (χ4v) is 2.66. The number of carbonyl (C=O) groups excluding carboxylic acids is 2. The first-order valence-corrected chi connectivity index (χ1v) is 9.49. The summed E-state index contributed by atoms with van der Waals surface area (Å²) in [4.78, 5) is 26.4. The topological polar surface area (TPSA) is 58.6 Å². The van der Waals surface area contributed by atoms with E-state index >= 15 is 0 Å². The second-order valence-corrected chi connectivity index (χ2v) is 7.68. The number of ether oxygens (including phenoxy) is 1. The molecule has 0 aliphatic carbocycles. The first-order valence-electron chi connectivity index (χ1n) is 9.49. The number of carbonyl (C=O) groups is 2. The van der Waals surface area contributed by atoms with E-state index in [0.29, 0.717) is 6.54 Å². The highest BCUT2D eigenvalue weighted by Gasteiger charge is 2.21. The van der Waals surface area contributed by atoms with Crippen molar-refractivity contribution >= 4 is 17.7 Å². The van der Waals surface area contributed by atoms with Gasteiger partial charge < -0.3 is 15.0 Å². The Morgan fingerprint density at radius 3 is 2.42 bits per heavy atom. The van der Waals surface area contributed by atoms with Gasteiger partial charge in [0.2, 0.25) is 5.91 Å². The van der Waals surface area contributed by atoms with Crippen LogP contribution in [-0.2, 0) is 9.53 Å². The molecular formula is C21H34N2O3. The summed E-state index contributed by atoms with van der Waals surface area (Å²) in [5.74, 6) is -0.124. The zero-order chi connectivity index (χ0) is 19.7. The smallest absolute Gasteiger partial charge is 0.408 e. The first kappa shape index (κ1) is 22.0. The van der Waals surface area contributed by atoms with Crippen molar-refractivity contribution in [1.82, 2.24) is 5.32 Å². The SMILES string of the molecule is CCCCCCN(C(=O)CNC(=O)OC(C)(C)C)c1cccc(C)c1C. The molecule has 0 aliphatic heterocycles. The summed E-state index contributed by atoms with van der Waals surface area (Å²) in [5.41, 5.74) is 2.57. The van der Waals surface area contributed by atoms with E-state index in [1.165, 1.54) is 0 Å². The molecule has 0 saturated heterocycles. The Kier molecular flexibility index (Phi) is 8.62. The summed E-state index contributed by atoms with van der Waals surface area (Å²) in [6, 6.07) is 5.97. The molecule has 5 heteroatoms. The summed E-state index contributed by atoms with van der Waals surface area (Å²) in [6.45, 7) is 12.2. The van der Waals surface area contributed by atoms with Crippen LogP contribution in [0.2, 0.25) is 0 Å². The minimum atomic E-state index is -0.583. The molecule has 1 N–H and O–H groups in total. The number of amides is 2. The van der Waals surface area contributed by atoms with E-state index in [4.69, 9.17) is 4.74 Å². The molecule has 1 aromatic carbocycles. The summed E-state index contributed by atoms with van der Waals surface area (Å²) in [6.07, 6.45) is 3.77. The van der Waals surface area contributed by atoms with Gasteiger partial charge in [-0.2, -0.15) is 0 Å². The van der Waals surface area contributed by atoms with Gasteiger partial charge in [0.25, 0.3) is 0 Å². The molecule has 0 spiro atoms. The fourth-order valence-electron chi connectivity index (χ4n) is 2.66. The van der Waals surface area contributed by atoms with Crippen LogP contribution in [0.5, 0.6) is 0 Å². The van der Waals surface area contributed by atoms with Gasteiger partial charge in [0.05, 0.1) is 0 Å². The molecule has 0 unspecified atom stereocenters. The summed E-state index contributed by atoms with van der Waals surface area (Å²) in [7, 11) is 0. The van der Waals surface area contributed by atoms with Crippen molar-refractivity contribution in [3.05, 3.63) is 29.3 Å². The van der Waals surface area contributed by atoms with Crippen LogP contribution in [0, 0.1) is 13.8 Å². The van der Waals surface area contributed by atoms with E-state index in [-0.39, 0.29) is 12.5 Å². The number of hydrogen-bond acceptors (Lipinski definition) is 3. The van der Waals surface area contributed by atoms with Crippen molar-refractivity contribution in [2.75, 3.05) is 18.0 Å². The molecule has 26 heavy (non-hydrogen) atoms. The quantitative estimate of drug-likeness (QED) is 0.679. The van der Waals surface area contributed by atoms with E-state index in [2.05, 4.69) is 12.2 Å². The van der Waals surface area contributed by atoms with Gasteiger partial charge in [-0.25, -0.2) is 4.79 Å². The third kappa shape index (κ3) is 7.46. The second kappa shape index (κ2) is 10.2. The normalized spacial score (nSPS) is 11.2. The number of benzene rings is 1. The number of nitrogens with one attached hydrogen (secondary N) is 1. The van der Waals surface area contributed by atoms with Crippen molar-refractivity contribution in [1.29, 1.82) is 0 Å².